The van der Waals surface area contributed by atoms with Crippen molar-refractivity contribution in [3.63, 3.8) is 0 Å². The van der Waals surface area contributed by atoms with E-state index in [4.69, 9.17) is 0 Å². The van der Waals surface area contributed by atoms with Crippen LogP contribution in [0.5, 0.6) is 0 Å². The molecule has 0 spiro atoms. The fourth-order valence-corrected chi connectivity index (χ4v) is 1.73. The highest BCUT2D eigenvalue weighted by atomic mass is 19.1. The van der Waals surface area contributed by atoms with E-state index in [-0.39, 0.29) is 12.0 Å². The van der Waals surface area contributed by atoms with Crippen molar-refractivity contribution in [1.82, 2.24) is 5.32 Å². The predicted octanol–water partition coefficient (Wildman–Crippen LogP) is 0.728. The second-order valence-corrected chi connectivity index (χ2v) is 4.38. The molecule has 1 amide bonds. The number of rotatable bonds is 6. The number of hydrogen-bond donors (Lipinski definition) is 1. The first-order valence-electron chi connectivity index (χ1n) is 6.24. The van der Waals surface area contributed by atoms with Crippen LogP contribution in [0.15, 0.2) is 18.2 Å². The summed E-state index contributed by atoms with van der Waals surface area (Å²) in [5, 5.41) is 2.26. The molecule has 1 N–H and O–H groups in total. The van der Waals surface area contributed by atoms with Crippen LogP contribution >= 0.6 is 0 Å². The van der Waals surface area contributed by atoms with Gasteiger partial charge in [-0.15, -0.1) is 0 Å². The minimum Gasteiger partial charge on any atom is -0.469 e. The second-order valence-electron chi connectivity index (χ2n) is 4.38. The lowest BCUT2D eigenvalue weighted by Gasteiger charge is -2.15. The van der Waals surface area contributed by atoms with Crippen LogP contribution in [0, 0.1) is 11.6 Å². The molecule has 0 saturated carbocycles. The number of amides is 1. The third-order valence-electron chi connectivity index (χ3n) is 2.71. The normalized spacial score (nSPS) is 11.5. The van der Waals surface area contributed by atoms with Crippen molar-refractivity contribution in [2.45, 2.75) is 18.9 Å². The van der Waals surface area contributed by atoms with Crippen LogP contribution in [-0.4, -0.2) is 38.1 Å². The predicted molar refractivity (Wildman–Crippen MR) is 70.6 cm³/mol. The molecule has 0 aliphatic heterocycles. The van der Waals surface area contributed by atoms with E-state index in [1.165, 1.54) is 0 Å². The lowest BCUT2D eigenvalue weighted by atomic mass is 10.1. The number of hydrogen-bond acceptors (Lipinski definition) is 5. The number of nitrogens with one attached hydrogen (secondary N) is 1. The Hall–Kier alpha value is -2.51. The van der Waals surface area contributed by atoms with Crippen molar-refractivity contribution in [2.24, 2.45) is 0 Å². The Morgan fingerprint density at radius 1 is 1.09 bits per heavy atom. The van der Waals surface area contributed by atoms with Crippen molar-refractivity contribution in [1.29, 1.82) is 0 Å². The lowest BCUT2D eigenvalue weighted by Crippen LogP contribution is -2.43. The Balaban J connectivity index is 2.73. The summed E-state index contributed by atoms with van der Waals surface area (Å²) >= 11 is 0. The first kappa shape index (κ1) is 17.5. The van der Waals surface area contributed by atoms with Gasteiger partial charge in [0.25, 0.3) is 0 Å². The maximum Gasteiger partial charge on any atom is 0.328 e. The molecular weight excluding hydrogens is 300 g/mol. The summed E-state index contributed by atoms with van der Waals surface area (Å²) in [6, 6.07) is 1.44. The first-order chi connectivity index (χ1) is 10.3. The van der Waals surface area contributed by atoms with Crippen LogP contribution in [0.1, 0.15) is 12.0 Å². The third-order valence-corrected chi connectivity index (χ3v) is 2.71. The Bertz CT molecular complexity index is 556. The van der Waals surface area contributed by atoms with E-state index in [2.05, 4.69) is 14.8 Å². The minimum atomic E-state index is -1.23. The zero-order valence-electron chi connectivity index (χ0n) is 12.0. The van der Waals surface area contributed by atoms with Gasteiger partial charge in [0.05, 0.1) is 27.1 Å². The molecule has 0 aliphatic carbocycles. The van der Waals surface area contributed by atoms with Gasteiger partial charge in [-0.05, 0) is 17.7 Å². The van der Waals surface area contributed by atoms with Crippen LogP contribution in [0.3, 0.4) is 0 Å². The molecule has 1 rings (SSSR count). The molecule has 1 aromatic carbocycles. The van der Waals surface area contributed by atoms with Crippen LogP contribution in [0.4, 0.5) is 8.78 Å². The third kappa shape index (κ3) is 5.47. The monoisotopic (exact) mass is 315 g/mol. The molecule has 0 radical (unpaired) electrons. The number of carbonyl (C=O) groups is 3. The number of methoxy groups -OCH3 is 2. The smallest absolute Gasteiger partial charge is 0.328 e. The fourth-order valence-electron chi connectivity index (χ4n) is 1.73. The van der Waals surface area contributed by atoms with Crippen molar-refractivity contribution in [3.05, 3.63) is 35.4 Å². The van der Waals surface area contributed by atoms with Gasteiger partial charge in [-0.2, -0.15) is 0 Å². The van der Waals surface area contributed by atoms with E-state index < -0.39 is 41.9 Å². The zero-order chi connectivity index (χ0) is 16.7. The highest BCUT2D eigenvalue weighted by molar-refractivity contribution is 5.88. The summed E-state index contributed by atoms with van der Waals surface area (Å²) in [7, 11) is 2.23. The summed E-state index contributed by atoms with van der Waals surface area (Å²) in [6.45, 7) is 0. The summed E-state index contributed by atoms with van der Waals surface area (Å²) in [5.74, 6) is -3.87. The maximum atomic E-state index is 13.0. The fraction of sp³-hybridized carbons (Fsp3) is 0.357. The van der Waals surface area contributed by atoms with E-state index in [1.807, 2.05) is 0 Å². The van der Waals surface area contributed by atoms with Gasteiger partial charge in [0.1, 0.15) is 17.7 Å². The topological polar surface area (TPSA) is 81.7 Å². The van der Waals surface area contributed by atoms with E-state index in [0.29, 0.717) is 6.07 Å². The average Bonchev–Trinajstić information content (AvgIpc) is 2.44. The van der Waals surface area contributed by atoms with Gasteiger partial charge in [0.15, 0.2) is 0 Å². The first-order valence-corrected chi connectivity index (χ1v) is 6.24. The highest BCUT2D eigenvalue weighted by Crippen LogP contribution is 2.09. The number of carbonyl (C=O) groups excluding carboxylic acids is 3. The number of ether oxygens (including phenoxy) is 2. The van der Waals surface area contributed by atoms with E-state index >= 15 is 0 Å². The molecule has 0 bridgehead atoms. The standard InChI is InChI=1S/C14H15F2NO5/c1-21-13(19)7-11(14(20)22-2)17-12(18)5-8-3-9(15)6-10(16)4-8/h3-4,6,11H,5,7H2,1-2H3,(H,17,18)/t11-/m0/s1. The zero-order valence-corrected chi connectivity index (χ0v) is 12.0. The van der Waals surface area contributed by atoms with Crippen molar-refractivity contribution in [2.75, 3.05) is 14.2 Å². The van der Waals surface area contributed by atoms with Gasteiger partial charge in [-0.3, -0.25) is 9.59 Å². The lowest BCUT2D eigenvalue weighted by molar-refractivity contribution is -0.150. The second kappa shape index (κ2) is 8.06. The van der Waals surface area contributed by atoms with E-state index in [1.54, 1.807) is 0 Å². The van der Waals surface area contributed by atoms with Crippen LogP contribution in [0.2, 0.25) is 0 Å². The Morgan fingerprint density at radius 2 is 1.68 bits per heavy atom. The Kier molecular flexibility index (Phi) is 6.43. The SMILES string of the molecule is COC(=O)C[C@H](NC(=O)Cc1cc(F)cc(F)c1)C(=O)OC. The van der Waals surface area contributed by atoms with Crippen LogP contribution < -0.4 is 5.32 Å². The van der Waals surface area contributed by atoms with Crippen LogP contribution in [0.25, 0.3) is 0 Å². The van der Waals surface area contributed by atoms with Crippen molar-refractivity contribution >= 4 is 17.8 Å². The molecule has 0 heterocycles. The van der Waals surface area contributed by atoms with E-state index in [0.717, 1.165) is 26.4 Å². The molecule has 0 fully saturated rings. The number of benzene rings is 1. The Morgan fingerprint density at radius 3 is 2.18 bits per heavy atom. The highest BCUT2D eigenvalue weighted by Gasteiger charge is 2.25. The Labute approximate surface area is 125 Å². The minimum absolute atomic E-state index is 0.0942. The van der Waals surface area contributed by atoms with Gasteiger partial charge < -0.3 is 14.8 Å². The summed E-state index contributed by atoms with van der Waals surface area (Å²) in [6.07, 6.45) is -0.768. The largest absolute Gasteiger partial charge is 0.469 e. The van der Waals surface area contributed by atoms with Gasteiger partial charge in [-0.1, -0.05) is 0 Å². The molecule has 8 heteroatoms. The van der Waals surface area contributed by atoms with Gasteiger partial charge in [0, 0.05) is 6.07 Å². The van der Waals surface area contributed by atoms with Gasteiger partial charge in [-0.25, -0.2) is 13.6 Å². The molecule has 1 aromatic rings. The average molecular weight is 315 g/mol. The molecule has 0 aliphatic rings. The molecule has 0 aromatic heterocycles. The molecule has 1 atom stereocenters. The van der Waals surface area contributed by atoms with Crippen molar-refractivity contribution in [3.8, 4) is 0 Å². The summed E-state index contributed by atoms with van der Waals surface area (Å²) in [5.41, 5.74) is 0.0942. The summed E-state index contributed by atoms with van der Waals surface area (Å²) in [4.78, 5) is 34.5. The van der Waals surface area contributed by atoms with Gasteiger partial charge >= 0.3 is 11.9 Å². The molecule has 6 nitrogen and oxygen atoms in total. The van der Waals surface area contributed by atoms with Crippen molar-refractivity contribution < 1.29 is 32.6 Å². The molecule has 22 heavy (non-hydrogen) atoms. The number of halogens is 2. The molecule has 0 unspecified atom stereocenters. The number of esters is 2. The van der Waals surface area contributed by atoms with Gasteiger partial charge in [0.2, 0.25) is 5.91 Å². The van der Waals surface area contributed by atoms with E-state index in [9.17, 15) is 23.2 Å². The summed E-state index contributed by atoms with van der Waals surface area (Å²) < 4.78 is 34.9. The molecule has 120 valence electrons. The quantitative estimate of drug-likeness (QED) is 0.783. The van der Waals surface area contributed by atoms with Crippen LogP contribution in [-0.2, 0) is 30.3 Å². The molecule has 0 saturated heterocycles. The molecular formula is C14H15F2NO5. The maximum absolute atomic E-state index is 13.0.